The van der Waals surface area contributed by atoms with Crippen LogP contribution in [0.25, 0.3) is 17.1 Å². The van der Waals surface area contributed by atoms with E-state index in [1.165, 1.54) is 0 Å². The summed E-state index contributed by atoms with van der Waals surface area (Å²) in [5.74, 6) is 0.128. The molecular weight excluding hydrogens is 430 g/mol. The van der Waals surface area contributed by atoms with Crippen LogP contribution in [-0.4, -0.2) is 41.6 Å². The third kappa shape index (κ3) is 3.28. The van der Waals surface area contributed by atoms with Crippen molar-refractivity contribution in [2.75, 3.05) is 0 Å². The number of alkyl halides is 2. The third-order valence-corrected chi connectivity index (χ3v) is 6.62. The SMILES string of the molecule is O=C1c2cc(-c3nnc(C(F)F)o3)ccc2CN1[C@@H]1CCCC[C@H]1c1nnc2ccccn12. The first-order valence-corrected chi connectivity index (χ1v) is 11.0. The summed E-state index contributed by atoms with van der Waals surface area (Å²) in [4.78, 5) is 15.4. The maximum Gasteiger partial charge on any atom is 0.314 e. The monoisotopic (exact) mass is 450 g/mol. The van der Waals surface area contributed by atoms with Crippen molar-refractivity contribution in [3.63, 3.8) is 0 Å². The molecule has 0 spiro atoms. The summed E-state index contributed by atoms with van der Waals surface area (Å²) in [6.45, 7) is 0.498. The van der Waals surface area contributed by atoms with Crippen molar-refractivity contribution in [2.45, 2.75) is 50.6 Å². The average molecular weight is 450 g/mol. The smallest absolute Gasteiger partial charge is 0.314 e. The van der Waals surface area contributed by atoms with E-state index in [2.05, 4.69) is 20.4 Å². The van der Waals surface area contributed by atoms with Gasteiger partial charge in [-0.3, -0.25) is 9.20 Å². The van der Waals surface area contributed by atoms with Gasteiger partial charge in [-0.25, -0.2) is 0 Å². The summed E-state index contributed by atoms with van der Waals surface area (Å²) in [5, 5.41) is 15.9. The van der Waals surface area contributed by atoms with Crippen LogP contribution in [0.15, 0.2) is 47.0 Å². The van der Waals surface area contributed by atoms with Crippen molar-refractivity contribution in [3.8, 4) is 11.5 Å². The molecule has 4 heterocycles. The van der Waals surface area contributed by atoms with Crippen LogP contribution >= 0.6 is 0 Å². The first-order valence-electron chi connectivity index (χ1n) is 11.0. The Labute approximate surface area is 187 Å². The van der Waals surface area contributed by atoms with Crippen LogP contribution in [0.2, 0.25) is 0 Å². The first-order chi connectivity index (χ1) is 16.1. The number of halogens is 2. The van der Waals surface area contributed by atoms with Gasteiger partial charge in [-0.2, -0.15) is 8.78 Å². The maximum atomic E-state index is 13.5. The molecule has 2 atom stereocenters. The summed E-state index contributed by atoms with van der Waals surface area (Å²) >= 11 is 0. The van der Waals surface area contributed by atoms with E-state index in [0.717, 1.165) is 42.7 Å². The second-order valence-electron chi connectivity index (χ2n) is 8.50. The Morgan fingerprint density at radius 3 is 2.76 bits per heavy atom. The number of carbonyl (C=O) groups excluding carboxylic acids is 1. The van der Waals surface area contributed by atoms with Crippen molar-refractivity contribution < 1.29 is 18.0 Å². The first kappa shape index (κ1) is 20.0. The summed E-state index contributed by atoms with van der Waals surface area (Å²) in [6, 6.07) is 11.0. The zero-order valence-electron chi connectivity index (χ0n) is 17.6. The molecule has 6 rings (SSSR count). The topological polar surface area (TPSA) is 89.4 Å². The number of rotatable bonds is 4. The third-order valence-electron chi connectivity index (χ3n) is 6.62. The lowest BCUT2D eigenvalue weighted by Gasteiger charge is -2.37. The molecule has 0 saturated heterocycles. The minimum absolute atomic E-state index is 0.00328. The number of hydrogen-bond donors (Lipinski definition) is 0. The van der Waals surface area contributed by atoms with Crippen molar-refractivity contribution in [1.29, 1.82) is 0 Å². The van der Waals surface area contributed by atoms with Gasteiger partial charge in [-0.05, 0) is 42.7 Å². The average Bonchev–Trinajstić information content (AvgIpc) is 3.56. The van der Waals surface area contributed by atoms with E-state index in [-0.39, 0.29) is 23.8 Å². The van der Waals surface area contributed by atoms with Gasteiger partial charge < -0.3 is 9.32 Å². The van der Waals surface area contributed by atoms with Gasteiger partial charge in [0.1, 0.15) is 5.82 Å². The molecule has 1 saturated carbocycles. The molecule has 0 bridgehead atoms. The molecular formula is C23H20F2N6O2. The van der Waals surface area contributed by atoms with E-state index in [0.29, 0.717) is 17.7 Å². The summed E-state index contributed by atoms with van der Waals surface area (Å²) in [5.41, 5.74) is 2.68. The van der Waals surface area contributed by atoms with Gasteiger partial charge in [-0.1, -0.05) is 25.0 Å². The molecule has 0 unspecified atom stereocenters. The molecule has 1 amide bonds. The van der Waals surface area contributed by atoms with E-state index >= 15 is 0 Å². The second-order valence-corrected chi connectivity index (χ2v) is 8.50. The van der Waals surface area contributed by atoms with Crippen LogP contribution in [-0.2, 0) is 6.54 Å². The molecule has 0 radical (unpaired) electrons. The number of pyridine rings is 1. The van der Waals surface area contributed by atoms with Gasteiger partial charge in [0, 0.05) is 35.8 Å². The van der Waals surface area contributed by atoms with Crippen LogP contribution in [0.1, 0.15) is 65.7 Å². The Kier molecular flexibility index (Phi) is 4.67. The van der Waals surface area contributed by atoms with Crippen molar-refractivity contribution >= 4 is 11.6 Å². The van der Waals surface area contributed by atoms with Gasteiger partial charge in [0.05, 0.1) is 0 Å². The van der Waals surface area contributed by atoms with E-state index in [4.69, 9.17) is 4.42 Å². The van der Waals surface area contributed by atoms with Crippen LogP contribution < -0.4 is 0 Å². The Balaban J connectivity index is 1.31. The van der Waals surface area contributed by atoms with E-state index in [1.54, 1.807) is 12.1 Å². The van der Waals surface area contributed by atoms with Gasteiger partial charge in [0.25, 0.3) is 11.8 Å². The summed E-state index contributed by atoms with van der Waals surface area (Å²) in [6.07, 6.45) is 3.06. The summed E-state index contributed by atoms with van der Waals surface area (Å²) in [7, 11) is 0. The van der Waals surface area contributed by atoms with Crippen molar-refractivity contribution in [1.82, 2.24) is 29.7 Å². The highest BCUT2D eigenvalue weighted by Gasteiger charge is 2.40. The Bertz CT molecular complexity index is 1350. The van der Waals surface area contributed by atoms with Gasteiger partial charge in [0.15, 0.2) is 5.65 Å². The molecule has 0 N–H and O–H groups in total. The van der Waals surface area contributed by atoms with Gasteiger partial charge in [-0.15, -0.1) is 20.4 Å². The van der Waals surface area contributed by atoms with Crippen LogP contribution in [0.5, 0.6) is 0 Å². The molecule has 1 aliphatic heterocycles. The molecule has 168 valence electrons. The van der Waals surface area contributed by atoms with Crippen LogP contribution in [0.3, 0.4) is 0 Å². The Morgan fingerprint density at radius 1 is 1.03 bits per heavy atom. The number of fused-ring (bicyclic) bond motifs is 2. The summed E-state index contributed by atoms with van der Waals surface area (Å²) < 4.78 is 32.7. The van der Waals surface area contributed by atoms with E-state index in [9.17, 15) is 13.6 Å². The molecule has 10 heteroatoms. The fourth-order valence-electron chi connectivity index (χ4n) is 5.06. The van der Waals surface area contributed by atoms with Gasteiger partial charge in [0.2, 0.25) is 5.89 Å². The molecule has 4 aromatic rings. The maximum absolute atomic E-state index is 13.5. The Hall–Kier alpha value is -3.69. The van der Waals surface area contributed by atoms with Crippen LogP contribution in [0, 0.1) is 0 Å². The molecule has 8 nitrogen and oxygen atoms in total. The minimum Gasteiger partial charge on any atom is -0.415 e. The highest BCUT2D eigenvalue weighted by Crippen LogP contribution is 2.39. The van der Waals surface area contributed by atoms with Crippen LogP contribution in [0.4, 0.5) is 8.78 Å². The predicted octanol–water partition coefficient (Wildman–Crippen LogP) is 4.40. The standard InChI is InChI=1S/C23H20F2N6O2/c24-19(25)22-29-28-21(33-22)13-8-9-14-12-31(23(32)16(14)11-13)17-6-2-1-5-15(17)20-27-26-18-7-3-4-10-30(18)20/h3-4,7-11,15,17,19H,1-2,5-6,12H2/t15-,17-/m1/s1. The van der Waals surface area contributed by atoms with Crippen molar-refractivity contribution in [2.24, 2.45) is 0 Å². The van der Waals surface area contributed by atoms with Crippen molar-refractivity contribution in [3.05, 3.63) is 65.4 Å². The predicted molar refractivity (Wildman–Crippen MR) is 113 cm³/mol. The molecule has 3 aromatic heterocycles. The van der Waals surface area contributed by atoms with Gasteiger partial charge >= 0.3 is 6.43 Å². The second kappa shape index (κ2) is 7.72. The highest BCUT2D eigenvalue weighted by molar-refractivity contribution is 5.99. The normalized spacial score (nSPS) is 20.7. The Morgan fingerprint density at radius 2 is 1.91 bits per heavy atom. The zero-order valence-corrected chi connectivity index (χ0v) is 17.6. The zero-order chi connectivity index (χ0) is 22.5. The fourth-order valence-corrected chi connectivity index (χ4v) is 5.06. The highest BCUT2D eigenvalue weighted by atomic mass is 19.3. The number of carbonyl (C=O) groups is 1. The number of benzene rings is 1. The van der Waals surface area contributed by atoms with E-state index in [1.807, 2.05) is 39.8 Å². The molecule has 1 aromatic carbocycles. The fraction of sp³-hybridized carbons (Fsp3) is 0.348. The molecule has 1 aliphatic carbocycles. The number of hydrogen-bond acceptors (Lipinski definition) is 6. The van der Waals surface area contributed by atoms with E-state index < -0.39 is 12.3 Å². The largest absolute Gasteiger partial charge is 0.415 e. The number of nitrogens with zero attached hydrogens (tertiary/aromatic N) is 6. The lowest BCUT2D eigenvalue weighted by molar-refractivity contribution is 0.0621. The minimum atomic E-state index is -2.84. The number of amides is 1. The molecule has 33 heavy (non-hydrogen) atoms. The number of aromatic nitrogens is 5. The molecule has 2 aliphatic rings. The lowest BCUT2D eigenvalue weighted by atomic mass is 9.83. The quantitative estimate of drug-likeness (QED) is 0.458. The molecule has 1 fully saturated rings. The lowest BCUT2D eigenvalue weighted by Crippen LogP contribution is -2.42.